The van der Waals surface area contributed by atoms with Gasteiger partial charge in [0.1, 0.15) is 5.02 Å². The maximum atomic E-state index is 11.5. The predicted molar refractivity (Wildman–Crippen MR) is 64.9 cm³/mol. The van der Waals surface area contributed by atoms with Gasteiger partial charge < -0.3 is 5.32 Å². The Kier molecular flexibility index (Phi) is 3.49. The van der Waals surface area contributed by atoms with Crippen molar-refractivity contribution in [3.63, 3.8) is 0 Å². The second-order valence-corrected chi connectivity index (χ2v) is 4.71. The lowest BCUT2D eigenvalue weighted by atomic mass is 10.1. The maximum Gasteiger partial charge on any atom is 0.287 e. The number of nitrogens with zero attached hydrogens (tertiary/aromatic N) is 2. The Labute approximate surface area is 99.6 Å². The van der Waals surface area contributed by atoms with Crippen LogP contribution in [0, 0.1) is 5.92 Å². The summed E-state index contributed by atoms with van der Waals surface area (Å²) in [6.07, 6.45) is 6.77. The van der Waals surface area contributed by atoms with E-state index in [0.717, 1.165) is 6.54 Å². The number of aromatic nitrogens is 2. The van der Waals surface area contributed by atoms with Gasteiger partial charge in [-0.15, -0.1) is 0 Å². The monoisotopic (exact) mass is 241 g/mol. The molecule has 16 heavy (non-hydrogen) atoms. The number of anilines is 1. The fraction of sp³-hybridized carbons (Fsp3) is 0.636. The molecule has 1 fully saturated rings. The van der Waals surface area contributed by atoms with Crippen LogP contribution >= 0.6 is 11.6 Å². The number of rotatable bonds is 3. The standard InChI is InChI=1S/C11H16ClN3O/c1-15-11(16)10(12)9(7-14-15)13-6-8-4-2-3-5-8/h7-8,13H,2-6H2,1H3. The smallest absolute Gasteiger partial charge is 0.287 e. The Morgan fingerprint density at radius 2 is 2.25 bits per heavy atom. The van der Waals surface area contributed by atoms with Crippen molar-refractivity contribution in [1.82, 2.24) is 9.78 Å². The van der Waals surface area contributed by atoms with Crippen LogP contribution in [0.25, 0.3) is 0 Å². The van der Waals surface area contributed by atoms with E-state index in [1.54, 1.807) is 13.2 Å². The van der Waals surface area contributed by atoms with E-state index in [1.807, 2.05) is 0 Å². The van der Waals surface area contributed by atoms with Crippen LogP contribution in [-0.4, -0.2) is 16.3 Å². The molecule has 0 bridgehead atoms. The molecule has 0 spiro atoms. The summed E-state index contributed by atoms with van der Waals surface area (Å²) in [6.45, 7) is 0.883. The second-order valence-electron chi connectivity index (χ2n) is 4.33. The van der Waals surface area contributed by atoms with Crippen molar-refractivity contribution in [2.75, 3.05) is 11.9 Å². The third kappa shape index (κ3) is 2.38. The van der Waals surface area contributed by atoms with E-state index in [-0.39, 0.29) is 10.6 Å². The lowest BCUT2D eigenvalue weighted by Gasteiger charge is -2.12. The van der Waals surface area contributed by atoms with E-state index in [0.29, 0.717) is 11.6 Å². The van der Waals surface area contributed by atoms with Gasteiger partial charge in [0.25, 0.3) is 5.56 Å². The van der Waals surface area contributed by atoms with Crippen LogP contribution in [0.1, 0.15) is 25.7 Å². The van der Waals surface area contributed by atoms with Gasteiger partial charge in [0.15, 0.2) is 0 Å². The quantitative estimate of drug-likeness (QED) is 0.881. The number of hydrogen-bond acceptors (Lipinski definition) is 3. The number of aryl methyl sites for hydroxylation is 1. The van der Waals surface area contributed by atoms with Crippen LogP contribution in [0.15, 0.2) is 11.0 Å². The Bertz CT molecular complexity index is 424. The summed E-state index contributed by atoms with van der Waals surface area (Å²) >= 11 is 5.95. The summed E-state index contributed by atoms with van der Waals surface area (Å²) in [5, 5.41) is 7.39. The Morgan fingerprint density at radius 1 is 1.56 bits per heavy atom. The van der Waals surface area contributed by atoms with Crippen LogP contribution in [0.2, 0.25) is 5.02 Å². The molecular weight excluding hydrogens is 226 g/mol. The third-order valence-corrected chi connectivity index (χ3v) is 3.50. The zero-order valence-corrected chi connectivity index (χ0v) is 10.1. The average molecular weight is 242 g/mol. The molecular formula is C11H16ClN3O. The molecule has 5 heteroatoms. The highest BCUT2D eigenvalue weighted by molar-refractivity contribution is 6.32. The van der Waals surface area contributed by atoms with Gasteiger partial charge in [-0.05, 0) is 18.8 Å². The van der Waals surface area contributed by atoms with Gasteiger partial charge in [-0.25, -0.2) is 4.68 Å². The van der Waals surface area contributed by atoms with Crippen molar-refractivity contribution < 1.29 is 0 Å². The molecule has 1 heterocycles. The largest absolute Gasteiger partial charge is 0.382 e. The van der Waals surface area contributed by atoms with Crippen molar-refractivity contribution in [2.24, 2.45) is 13.0 Å². The average Bonchev–Trinajstić information content (AvgIpc) is 2.78. The molecule has 0 atom stereocenters. The Morgan fingerprint density at radius 3 is 2.94 bits per heavy atom. The van der Waals surface area contributed by atoms with E-state index in [2.05, 4.69) is 10.4 Å². The zero-order chi connectivity index (χ0) is 11.5. The molecule has 0 saturated heterocycles. The van der Waals surface area contributed by atoms with Gasteiger partial charge in [0, 0.05) is 13.6 Å². The van der Waals surface area contributed by atoms with Gasteiger partial charge >= 0.3 is 0 Å². The van der Waals surface area contributed by atoms with Crippen molar-refractivity contribution in [3.8, 4) is 0 Å². The fourth-order valence-electron chi connectivity index (χ4n) is 2.10. The van der Waals surface area contributed by atoms with Crippen LogP contribution < -0.4 is 10.9 Å². The number of nitrogens with one attached hydrogen (secondary N) is 1. The number of hydrogen-bond donors (Lipinski definition) is 1. The molecule has 1 saturated carbocycles. The van der Waals surface area contributed by atoms with E-state index >= 15 is 0 Å². The first-order valence-electron chi connectivity index (χ1n) is 5.64. The van der Waals surface area contributed by atoms with Crippen molar-refractivity contribution >= 4 is 17.3 Å². The van der Waals surface area contributed by atoms with Gasteiger partial charge in [-0.2, -0.15) is 5.10 Å². The van der Waals surface area contributed by atoms with E-state index < -0.39 is 0 Å². The second kappa shape index (κ2) is 4.87. The minimum atomic E-state index is -0.252. The predicted octanol–water partition coefficient (Wildman–Crippen LogP) is 2.04. The highest BCUT2D eigenvalue weighted by Crippen LogP contribution is 2.25. The van der Waals surface area contributed by atoms with Gasteiger partial charge in [0.2, 0.25) is 0 Å². The van der Waals surface area contributed by atoms with Crippen LogP contribution in [0.4, 0.5) is 5.69 Å². The minimum absolute atomic E-state index is 0.232. The third-order valence-electron chi connectivity index (χ3n) is 3.13. The summed E-state index contributed by atoms with van der Waals surface area (Å²) in [6, 6.07) is 0. The van der Waals surface area contributed by atoms with Gasteiger partial charge in [-0.1, -0.05) is 24.4 Å². The van der Waals surface area contributed by atoms with Crippen molar-refractivity contribution in [1.29, 1.82) is 0 Å². The summed E-state index contributed by atoms with van der Waals surface area (Å²) in [5.41, 5.74) is 0.398. The van der Waals surface area contributed by atoms with Crippen molar-refractivity contribution in [3.05, 3.63) is 21.6 Å². The molecule has 1 aromatic rings. The summed E-state index contributed by atoms with van der Waals surface area (Å²) in [5.74, 6) is 0.708. The topological polar surface area (TPSA) is 46.9 Å². The minimum Gasteiger partial charge on any atom is -0.382 e. The molecule has 2 rings (SSSR count). The SMILES string of the molecule is Cn1ncc(NCC2CCCC2)c(Cl)c1=O. The van der Waals surface area contributed by atoms with Crippen molar-refractivity contribution in [2.45, 2.75) is 25.7 Å². The molecule has 0 amide bonds. The molecule has 1 aliphatic carbocycles. The molecule has 0 aliphatic heterocycles. The molecule has 0 radical (unpaired) electrons. The lowest BCUT2D eigenvalue weighted by Crippen LogP contribution is -2.22. The molecule has 1 aromatic heterocycles. The van der Waals surface area contributed by atoms with Crippen LogP contribution in [0.3, 0.4) is 0 Å². The number of halogens is 1. The highest BCUT2D eigenvalue weighted by atomic mass is 35.5. The van der Waals surface area contributed by atoms with E-state index in [4.69, 9.17) is 11.6 Å². The summed E-state index contributed by atoms with van der Waals surface area (Å²) < 4.78 is 1.24. The van der Waals surface area contributed by atoms with E-state index in [1.165, 1.54) is 30.4 Å². The molecule has 4 nitrogen and oxygen atoms in total. The summed E-state index contributed by atoms with van der Waals surface area (Å²) in [7, 11) is 1.59. The lowest BCUT2D eigenvalue weighted by molar-refractivity contribution is 0.579. The van der Waals surface area contributed by atoms with Crippen LogP contribution in [-0.2, 0) is 7.05 Å². The first kappa shape index (κ1) is 11.5. The normalized spacial score (nSPS) is 16.6. The molecule has 0 unspecified atom stereocenters. The fourth-order valence-corrected chi connectivity index (χ4v) is 2.34. The van der Waals surface area contributed by atoms with Gasteiger partial charge in [0.05, 0.1) is 11.9 Å². The Hall–Kier alpha value is -1.03. The maximum absolute atomic E-state index is 11.5. The van der Waals surface area contributed by atoms with Crippen LogP contribution in [0.5, 0.6) is 0 Å². The molecule has 0 aromatic carbocycles. The van der Waals surface area contributed by atoms with E-state index in [9.17, 15) is 4.79 Å². The molecule has 1 aliphatic rings. The zero-order valence-electron chi connectivity index (χ0n) is 9.37. The summed E-state index contributed by atoms with van der Waals surface area (Å²) in [4.78, 5) is 11.5. The molecule has 88 valence electrons. The first-order valence-corrected chi connectivity index (χ1v) is 6.02. The highest BCUT2D eigenvalue weighted by Gasteiger charge is 2.15. The van der Waals surface area contributed by atoms with Gasteiger partial charge in [-0.3, -0.25) is 4.79 Å². The molecule has 1 N–H and O–H groups in total. The first-order chi connectivity index (χ1) is 7.68. The Balaban J connectivity index is 2.04.